The van der Waals surface area contributed by atoms with Crippen molar-refractivity contribution in [3.05, 3.63) is 0 Å². The van der Waals surface area contributed by atoms with Crippen molar-refractivity contribution >= 4 is 18.1 Å². The van der Waals surface area contributed by atoms with Gasteiger partial charge in [-0.3, -0.25) is 9.59 Å². The van der Waals surface area contributed by atoms with E-state index in [4.69, 9.17) is 0 Å². The number of carbonyl (C=O) groups excluding carboxylic acids is 3. The summed E-state index contributed by atoms with van der Waals surface area (Å²) in [5.41, 5.74) is 0. The van der Waals surface area contributed by atoms with Crippen LogP contribution in [-0.2, 0) is 14.4 Å². The summed E-state index contributed by atoms with van der Waals surface area (Å²) < 4.78 is 35.4. The van der Waals surface area contributed by atoms with Gasteiger partial charge in [-0.1, -0.05) is 0 Å². The van der Waals surface area contributed by atoms with E-state index in [1.54, 1.807) is 0 Å². The predicted octanol–water partition coefficient (Wildman–Crippen LogP) is -0.243. The Kier molecular flexibility index (Phi) is 4.93. The zero-order valence-corrected chi connectivity index (χ0v) is 8.59. The molecule has 0 rings (SSSR count). The molecular weight excluding hydrogens is 229 g/mol. The van der Waals surface area contributed by atoms with Crippen LogP contribution in [0.1, 0.15) is 13.8 Å². The van der Waals surface area contributed by atoms with Crippen molar-refractivity contribution < 1.29 is 27.6 Å². The van der Waals surface area contributed by atoms with Gasteiger partial charge in [0.2, 0.25) is 5.91 Å². The van der Waals surface area contributed by atoms with Gasteiger partial charge in [0, 0.05) is 0 Å². The third kappa shape index (κ3) is 4.76. The zero-order valence-electron chi connectivity index (χ0n) is 8.59. The second-order valence-corrected chi connectivity index (χ2v) is 3.13. The smallest absolute Gasteiger partial charge is 0.345 e. The molecule has 8 heteroatoms. The molecule has 0 aromatic heterocycles. The Labute approximate surface area is 89.4 Å². The highest BCUT2D eigenvalue weighted by molar-refractivity contribution is 5.90. The van der Waals surface area contributed by atoms with E-state index in [9.17, 15) is 27.6 Å². The zero-order chi connectivity index (χ0) is 12.9. The van der Waals surface area contributed by atoms with E-state index in [1.807, 2.05) is 0 Å². The lowest BCUT2D eigenvalue weighted by Crippen LogP contribution is -2.50. The van der Waals surface area contributed by atoms with Crippen LogP contribution in [0, 0.1) is 0 Å². The van der Waals surface area contributed by atoms with E-state index in [0.29, 0.717) is 6.29 Å². The number of hydrogen-bond donors (Lipinski definition) is 2. The Balaban J connectivity index is 4.26. The molecule has 0 aromatic carbocycles. The molecule has 0 saturated heterocycles. The van der Waals surface area contributed by atoms with Gasteiger partial charge in [-0.2, -0.15) is 13.2 Å². The summed E-state index contributed by atoms with van der Waals surface area (Å²) in [6.45, 7) is 2.43. The van der Waals surface area contributed by atoms with Gasteiger partial charge < -0.3 is 15.4 Å². The first kappa shape index (κ1) is 14.4. The lowest BCUT2D eigenvalue weighted by Gasteiger charge is -2.16. The number of nitrogens with one attached hydrogen (secondary N) is 2. The molecule has 0 spiro atoms. The van der Waals surface area contributed by atoms with Crippen molar-refractivity contribution in [1.82, 2.24) is 10.6 Å². The molecule has 0 heterocycles. The largest absolute Gasteiger partial charge is 0.471 e. The molecule has 2 atom stereocenters. The average molecular weight is 240 g/mol. The van der Waals surface area contributed by atoms with Crippen molar-refractivity contribution in [3.8, 4) is 0 Å². The molecule has 0 aromatic rings. The minimum Gasteiger partial charge on any atom is -0.345 e. The standard InChI is InChI=1S/C8H11F3N2O3/c1-4(3-14)12-6(15)5(2)13-7(16)8(9,10)11/h3-5H,1-2H3,(H,12,15)(H,13,16)/t4-,5-/m0/s1. The Hall–Kier alpha value is -1.60. The molecule has 92 valence electrons. The highest BCUT2D eigenvalue weighted by atomic mass is 19.4. The van der Waals surface area contributed by atoms with Crippen molar-refractivity contribution in [3.63, 3.8) is 0 Å². The molecule has 0 radical (unpaired) electrons. The van der Waals surface area contributed by atoms with E-state index >= 15 is 0 Å². The maximum absolute atomic E-state index is 11.8. The number of hydrogen-bond acceptors (Lipinski definition) is 3. The second-order valence-electron chi connectivity index (χ2n) is 3.13. The van der Waals surface area contributed by atoms with Gasteiger partial charge in [-0.15, -0.1) is 0 Å². The van der Waals surface area contributed by atoms with Crippen LogP contribution >= 0.6 is 0 Å². The Bertz CT molecular complexity index is 291. The summed E-state index contributed by atoms with van der Waals surface area (Å²) in [5.74, 6) is -3.06. The fourth-order valence-corrected chi connectivity index (χ4v) is 0.727. The number of alkyl halides is 3. The summed E-state index contributed by atoms with van der Waals surface area (Å²) in [6, 6.07) is -2.19. The first-order chi connectivity index (χ1) is 7.18. The molecule has 2 amide bonds. The molecule has 0 fully saturated rings. The van der Waals surface area contributed by atoms with E-state index in [1.165, 1.54) is 12.2 Å². The highest BCUT2D eigenvalue weighted by Gasteiger charge is 2.40. The van der Waals surface area contributed by atoms with E-state index in [-0.39, 0.29) is 0 Å². The van der Waals surface area contributed by atoms with Crippen LogP contribution in [0.5, 0.6) is 0 Å². The van der Waals surface area contributed by atoms with E-state index in [2.05, 4.69) is 5.32 Å². The van der Waals surface area contributed by atoms with Crippen LogP contribution in [0.3, 0.4) is 0 Å². The number of carbonyl (C=O) groups is 3. The van der Waals surface area contributed by atoms with Crippen molar-refractivity contribution in [2.24, 2.45) is 0 Å². The van der Waals surface area contributed by atoms with Gasteiger partial charge >= 0.3 is 12.1 Å². The quantitative estimate of drug-likeness (QED) is 0.666. The lowest BCUT2D eigenvalue weighted by molar-refractivity contribution is -0.174. The van der Waals surface area contributed by atoms with Crippen LogP contribution < -0.4 is 10.6 Å². The van der Waals surface area contributed by atoms with Gasteiger partial charge in [0.15, 0.2) is 0 Å². The minimum absolute atomic E-state index is 0.413. The maximum Gasteiger partial charge on any atom is 0.471 e. The maximum atomic E-state index is 11.8. The molecule has 0 aliphatic carbocycles. The van der Waals surface area contributed by atoms with Gasteiger partial charge in [0.25, 0.3) is 0 Å². The van der Waals surface area contributed by atoms with Crippen LogP contribution in [0.25, 0.3) is 0 Å². The normalized spacial score (nSPS) is 14.8. The fourth-order valence-electron chi connectivity index (χ4n) is 0.727. The Morgan fingerprint density at radius 2 is 1.69 bits per heavy atom. The summed E-state index contributed by atoms with van der Waals surface area (Å²) in [7, 11) is 0. The van der Waals surface area contributed by atoms with Crippen molar-refractivity contribution in [1.29, 1.82) is 0 Å². The molecule has 0 unspecified atom stereocenters. The van der Waals surface area contributed by atoms with Crippen LogP contribution in [0.15, 0.2) is 0 Å². The molecule has 0 bridgehead atoms. The molecular formula is C8H11F3N2O3. The monoisotopic (exact) mass is 240 g/mol. The third-order valence-corrected chi connectivity index (χ3v) is 1.57. The molecule has 2 N–H and O–H groups in total. The molecule has 0 saturated carbocycles. The highest BCUT2D eigenvalue weighted by Crippen LogP contribution is 2.14. The average Bonchev–Trinajstić information content (AvgIpc) is 2.15. The lowest BCUT2D eigenvalue weighted by atomic mass is 10.2. The van der Waals surface area contributed by atoms with E-state index in [0.717, 1.165) is 6.92 Å². The van der Waals surface area contributed by atoms with Crippen LogP contribution in [0.4, 0.5) is 13.2 Å². The second kappa shape index (κ2) is 5.47. The molecule has 0 aliphatic rings. The van der Waals surface area contributed by atoms with Gasteiger partial charge in [-0.05, 0) is 13.8 Å². The predicted molar refractivity (Wildman–Crippen MR) is 47.3 cm³/mol. The third-order valence-electron chi connectivity index (χ3n) is 1.57. The summed E-state index contributed by atoms with van der Waals surface area (Å²) in [5, 5.41) is 3.55. The van der Waals surface area contributed by atoms with Crippen molar-refractivity contribution in [2.45, 2.75) is 32.1 Å². The SMILES string of the molecule is C[C@H](NC(=O)C(F)(F)F)C(=O)N[C@@H](C)C=O. The Morgan fingerprint density at radius 3 is 2.06 bits per heavy atom. The topological polar surface area (TPSA) is 75.3 Å². The number of amides is 2. The first-order valence-electron chi connectivity index (χ1n) is 4.31. The molecule has 0 aliphatic heterocycles. The van der Waals surface area contributed by atoms with Crippen molar-refractivity contribution in [2.75, 3.05) is 0 Å². The van der Waals surface area contributed by atoms with Gasteiger partial charge in [-0.25, -0.2) is 0 Å². The van der Waals surface area contributed by atoms with Crippen LogP contribution in [-0.4, -0.2) is 36.4 Å². The molecule has 16 heavy (non-hydrogen) atoms. The Morgan fingerprint density at radius 1 is 1.19 bits per heavy atom. The van der Waals surface area contributed by atoms with Gasteiger partial charge in [0.05, 0.1) is 6.04 Å². The fraction of sp³-hybridized carbons (Fsp3) is 0.625. The van der Waals surface area contributed by atoms with Crippen LogP contribution in [0.2, 0.25) is 0 Å². The first-order valence-corrected chi connectivity index (χ1v) is 4.31. The summed E-state index contributed by atoms with van der Waals surface area (Å²) in [4.78, 5) is 31.7. The van der Waals surface area contributed by atoms with Gasteiger partial charge in [0.1, 0.15) is 12.3 Å². The number of rotatable bonds is 4. The van der Waals surface area contributed by atoms with E-state index < -0.39 is 30.1 Å². The molecule has 5 nitrogen and oxygen atoms in total. The summed E-state index contributed by atoms with van der Waals surface area (Å²) in [6.07, 6.45) is -4.62. The minimum atomic E-state index is -5.04. The summed E-state index contributed by atoms with van der Waals surface area (Å²) >= 11 is 0. The number of halogens is 3. The number of aldehydes is 1.